The monoisotopic (exact) mass is 382 g/mol. The topological polar surface area (TPSA) is 69.5 Å². The van der Waals surface area contributed by atoms with Crippen LogP contribution in [0.25, 0.3) is 0 Å². The number of hydrogen-bond donors (Lipinski definition) is 0. The third kappa shape index (κ3) is 5.19. The van der Waals surface area contributed by atoms with Crippen molar-refractivity contribution in [3.8, 4) is 0 Å². The molecule has 0 saturated carbocycles. The highest BCUT2D eigenvalue weighted by molar-refractivity contribution is 6.43. The molecule has 0 atom stereocenters. The third-order valence-corrected chi connectivity index (χ3v) is 4.21. The van der Waals surface area contributed by atoms with E-state index in [1.165, 1.54) is 14.2 Å². The molecular weight excluding hydrogens is 356 g/mol. The largest absolute Gasteiger partial charge is 0.464 e. The highest BCUT2D eigenvalue weighted by Crippen LogP contribution is 2.19. The zero-order chi connectivity index (χ0) is 20.5. The van der Waals surface area contributed by atoms with Crippen LogP contribution in [0.1, 0.15) is 36.1 Å². The smallest absolute Gasteiger partial charge is 0.360 e. The number of esters is 1. The van der Waals surface area contributed by atoms with Crippen molar-refractivity contribution >= 4 is 17.4 Å². The number of methoxy groups -OCH3 is 1. The fourth-order valence-electron chi connectivity index (χ4n) is 2.77. The second kappa shape index (κ2) is 10.3. The van der Waals surface area contributed by atoms with Gasteiger partial charge in [0.05, 0.1) is 12.8 Å². The van der Waals surface area contributed by atoms with Gasteiger partial charge in [0.1, 0.15) is 13.7 Å². The Morgan fingerprint density at radius 3 is 2.32 bits per heavy atom. The van der Waals surface area contributed by atoms with Crippen molar-refractivity contribution in [1.82, 2.24) is 0 Å². The van der Waals surface area contributed by atoms with Crippen LogP contribution in [-0.2, 0) is 25.8 Å². The summed E-state index contributed by atoms with van der Waals surface area (Å²) in [4.78, 5) is 22.6. The number of aryl methyl sites for hydroxylation is 1. The highest BCUT2D eigenvalue weighted by Gasteiger charge is 2.21. The number of carbonyl (C=O) groups is 1. The van der Waals surface area contributed by atoms with Gasteiger partial charge in [-0.05, 0) is 24.0 Å². The van der Waals surface area contributed by atoms with Crippen LogP contribution in [-0.4, -0.2) is 31.6 Å². The van der Waals surface area contributed by atoms with Crippen molar-refractivity contribution in [1.29, 1.82) is 0 Å². The summed E-state index contributed by atoms with van der Waals surface area (Å²) in [5, 5.41) is 8.21. The lowest BCUT2D eigenvalue weighted by atomic mass is 9.99. The van der Waals surface area contributed by atoms with Gasteiger partial charge < -0.3 is 14.4 Å². The fourth-order valence-corrected chi connectivity index (χ4v) is 2.77. The van der Waals surface area contributed by atoms with E-state index in [0.29, 0.717) is 5.56 Å². The van der Waals surface area contributed by atoms with E-state index >= 15 is 0 Å². The molecule has 0 amide bonds. The van der Waals surface area contributed by atoms with Crippen molar-refractivity contribution in [2.45, 2.75) is 27.4 Å². The number of carbonyl (C=O) groups excluding carboxylic acids is 1. The Morgan fingerprint density at radius 1 is 1.00 bits per heavy atom. The maximum absolute atomic E-state index is 12.1. The molecule has 0 heterocycles. The van der Waals surface area contributed by atoms with Gasteiger partial charge in [0, 0.05) is 11.1 Å². The molecule has 0 aliphatic rings. The highest BCUT2D eigenvalue weighted by atomic mass is 16.6. The van der Waals surface area contributed by atoms with Gasteiger partial charge in [0.25, 0.3) is 0 Å². The summed E-state index contributed by atoms with van der Waals surface area (Å²) in [7, 11) is 2.69. The van der Waals surface area contributed by atoms with Crippen LogP contribution in [0, 0.1) is 12.8 Å². The molecule has 0 saturated heterocycles. The number of hydrogen-bond acceptors (Lipinski definition) is 6. The van der Waals surface area contributed by atoms with Gasteiger partial charge >= 0.3 is 5.97 Å². The Balaban J connectivity index is 2.34. The third-order valence-electron chi connectivity index (χ3n) is 4.21. The molecule has 0 aromatic heterocycles. The SMILES string of the molecule is CO/N=C(/C(=O)OC)c1cccc(C)c1CO/N=C(/c1ccccc1)C(C)C. The van der Waals surface area contributed by atoms with Crippen LogP contribution in [0.5, 0.6) is 0 Å². The molecule has 0 aliphatic heterocycles. The van der Waals surface area contributed by atoms with E-state index in [4.69, 9.17) is 14.4 Å². The second-order valence-electron chi connectivity index (χ2n) is 6.49. The normalized spacial score (nSPS) is 12.1. The molecule has 2 aromatic carbocycles. The van der Waals surface area contributed by atoms with E-state index in [9.17, 15) is 4.79 Å². The molecule has 0 aliphatic carbocycles. The molecule has 0 radical (unpaired) electrons. The lowest BCUT2D eigenvalue weighted by molar-refractivity contribution is -0.132. The van der Waals surface area contributed by atoms with Crippen LogP contribution in [0.2, 0.25) is 0 Å². The van der Waals surface area contributed by atoms with Crippen LogP contribution in [0.4, 0.5) is 0 Å². The van der Waals surface area contributed by atoms with Crippen molar-refractivity contribution < 1.29 is 19.2 Å². The summed E-state index contributed by atoms with van der Waals surface area (Å²) >= 11 is 0. The summed E-state index contributed by atoms with van der Waals surface area (Å²) in [6.07, 6.45) is 0. The summed E-state index contributed by atoms with van der Waals surface area (Å²) in [6.45, 7) is 6.25. The molecule has 0 fully saturated rings. The quantitative estimate of drug-likeness (QED) is 0.392. The first kappa shape index (κ1) is 21.2. The van der Waals surface area contributed by atoms with E-state index in [2.05, 4.69) is 24.2 Å². The summed E-state index contributed by atoms with van der Waals surface area (Å²) in [5.41, 5.74) is 4.29. The van der Waals surface area contributed by atoms with Crippen molar-refractivity contribution in [3.05, 3.63) is 70.8 Å². The first-order chi connectivity index (χ1) is 13.5. The molecule has 6 nitrogen and oxygen atoms in total. The van der Waals surface area contributed by atoms with E-state index in [-0.39, 0.29) is 18.2 Å². The Kier molecular flexibility index (Phi) is 7.75. The second-order valence-corrected chi connectivity index (χ2v) is 6.49. The van der Waals surface area contributed by atoms with Gasteiger partial charge in [-0.3, -0.25) is 0 Å². The zero-order valence-corrected chi connectivity index (χ0v) is 16.9. The summed E-state index contributed by atoms with van der Waals surface area (Å²) in [5.74, 6) is -0.385. The Hall–Kier alpha value is -3.15. The maximum Gasteiger partial charge on any atom is 0.360 e. The van der Waals surface area contributed by atoms with Crippen molar-refractivity contribution in [3.63, 3.8) is 0 Å². The van der Waals surface area contributed by atoms with Crippen molar-refractivity contribution in [2.24, 2.45) is 16.2 Å². The van der Waals surface area contributed by atoms with Crippen molar-refractivity contribution in [2.75, 3.05) is 14.2 Å². The number of rotatable bonds is 8. The number of oxime groups is 2. The Labute approximate surface area is 165 Å². The fraction of sp³-hybridized carbons (Fsp3) is 0.318. The first-order valence-electron chi connectivity index (χ1n) is 9.03. The lowest BCUT2D eigenvalue weighted by Crippen LogP contribution is -2.20. The molecule has 0 unspecified atom stereocenters. The molecule has 0 bridgehead atoms. The zero-order valence-electron chi connectivity index (χ0n) is 16.9. The molecular formula is C22H26N2O4. The van der Waals surface area contributed by atoms with E-state index in [1.807, 2.05) is 49.4 Å². The molecule has 6 heteroatoms. The number of nitrogens with zero attached hydrogens (tertiary/aromatic N) is 2. The molecule has 0 spiro atoms. The summed E-state index contributed by atoms with van der Waals surface area (Å²) < 4.78 is 4.83. The molecule has 2 aromatic rings. The van der Waals surface area contributed by atoms with Crippen LogP contribution >= 0.6 is 0 Å². The Bertz CT molecular complexity index is 858. The average molecular weight is 382 g/mol. The van der Waals surface area contributed by atoms with Crippen LogP contribution in [0.3, 0.4) is 0 Å². The van der Waals surface area contributed by atoms with Gasteiger partial charge in [-0.25, -0.2) is 4.79 Å². The summed E-state index contributed by atoms with van der Waals surface area (Å²) in [6, 6.07) is 15.5. The Morgan fingerprint density at radius 2 is 1.71 bits per heavy atom. The minimum absolute atomic E-state index is 0.0865. The van der Waals surface area contributed by atoms with E-state index in [1.54, 1.807) is 6.07 Å². The van der Waals surface area contributed by atoms with Gasteiger partial charge in [-0.1, -0.05) is 72.7 Å². The first-order valence-corrected chi connectivity index (χ1v) is 9.03. The van der Waals surface area contributed by atoms with Gasteiger partial charge in [0.2, 0.25) is 0 Å². The minimum atomic E-state index is -0.579. The molecule has 28 heavy (non-hydrogen) atoms. The predicted octanol–water partition coefficient (Wildman–Crippen LogP) is 4.10. The average Bonchev–Trinajstić information content (AvgIpc) is 2.70. The molecule has 0 N–H and O–H groups in total. The van der Waals surface area contributed by atoms with Crippen LogP contribution in [0.15, 0.2) is 58.8 Å². The lowest BCUT2D eigenvalue weighted by Gasteiger charge is -2.14. The predicted molar refractivity (Wildman–Crippen MR) is 109 cm³/mol. The number of benzene rings is 2. The van der Waals surface area contributed by atoms with E-state index in [0.717, 1.165) is 22.4 Å². The van der Waals surface area contributed by atoms with E-state index < -0.39 is 5.97 Å². The number of ether oxygens (including phenoxy) is 1. The van der Waals surface area contributed by atoms with Gasteiger partial charge in [0.15, 0.2) is 5.71 Å². The van der Waals surface area contributed by atoms with Crippen LogP contribution < -0.4 is 0 Å². The maximum atomic E-state index is 12.1. The van der Waals surface area contributed by atoms with Gasteiger partial charge in [-0.2, -0.15) is 0 Å². The van der Waals surface area contributed by atoms with Gasteiger partial charge in [-0.15, -0.1) is 0 Å². The molecule has 148 valence electrons. The molecule has 2 rings (SSSR count). The minimum Gasteiger partial charge on any atom is -0.464 e. The standard InChI is InChI=1S/C22H26N2O4/c1-15(2)20(17-11-7-6-8-12-17)24-28-14-19-16(3)10-9-13-18(19)21(23-27-5)22(25)26-4/h6-13,15H,14H2,1-5H3/b23-21+,24-20+.